The molecule has 0 fully saturated rings. The molecule has 11 aromatic rings. The first-order chi connectivity index (χ1) is 26.3. The van der Waals surface area contributed by atoms with Crippen molar-refractivity contribution in [2.24, 2.45) is 0 Å². The first-order valence-corrected chi connectivity index (χ1v) is 19.1. The van der Waals surface area contributed by atoms with E-state index < -0.39 is 0 Å². The van der Waals surface area contributed by atoms with E-state index in [1.165, 1.54) is 30.3 Å². The molecule has 7 heteroatoms. The van der Waals surface area contributed by atoms with Crippen molar-refractivity contribution in [3.8, 4) is 50.4 Å². The largest absolute Gasteiger partial charge is 0.309 e. The van der Waals surface area contributed by atoms with Gasteiger partial charge in [-0.3, -0.25) is 0 Å². The van der Waals surface area contributed by atoms with Crippen molar-refractivity contribution in [3.63, 3.8) is 0 Å². The van der Waals surface area contributed by atoms with Crippen LogP contribution in [0.4, 0.5) is 0 Å². The fourth-order valence-electron chi connectivity index (χ4n) is 7.53. The van der Waals surface area contributed by atoms with Gasteiger partial charge in [-0.15, -0.1) is 22.7 Å². The summed E-state index contributed by atoms with van der Waals surface area (Å²) in [4.78, 5) is 20.7. The van der Waals surface area contributed by atoms with Gasteiger partial charge < -0.3 is 4.57 Å². The second-order valence-corrected chi connectivity index (χ2v) is 15.2. The number of rotatable bonds is 5. The molecule has 248 valence electrons. The molecule has 5 nitrogen and oxygen atoms in total. The van der Waals surface area contributed by atoms with Crippen LogP contribution in [-0.4, -0.2) is 24.5 Å². The van der Waals surface area contributed by atoms with Crippen LogP contribution in [0.1, 0.15) is 0 Å². The Kier molecular flexibility index (Phi) is 6.83. The minimum atomic E-state index is 0.628. The van der Waals surface area contributed by atoms with E-state index in [0.29, 0.717) is 17.5 Å². The van der Waals surface area contributed by atoms with Gasteiger partial charge in [-0.1, -0.05) is 115 Å². The number of hydrogen-bond donors (Lipinski definition) is 0. The van der Waals surface area contributed by atoms with Crippen LogP contribution in [0.25, 0.3) is 103 Å². The Morgan fingerprint density at radius 1 is 0.396 bits per heavy atom. The molecule has 11 rings (SSSR count). The van der Waals surface area contributed by atoms with Gasteiger partial charge in [0.15, 0.2) is 17.5 Å². The zero-order chi connectivity index (χ0) is 34.9. The van der Waals surface area contributed by atoms with Crippen molar-refractivity contribution < 1.29 is 0 Å². The third kappa shape index (κ3) is 4.89. The summed E-state index contributed by atoms with van der Waals surface area (Å²) in [5.41, 5.74) is 8.35. The van der Waals surface area contributed by atoms with Gasteiger partial charge in [0.2, 0.25) is 0 Å². The molecule has 0 aliphatic rings. The lowest BCUT2D eigenvalue weighted by Gasteiger charge is -2.11. The fourth-order valence-corrected chi connectivity index (χ4v) is 9.68. The first-order valence-electron chi connectivity index (χ1n) is 17.5. The van der Waals surface area contributed by atoms with E-state index >= 15 is 0 Å². The fraction of sp³-hybridized carbons (Fsp3) is 0. The molecule has 0 aliphatic carbocycles. The van der Waals surface area contributed by atoms with Crippen LogP contribution in [0.15, 0.2) is 164 Å². The van der Waals surface area contributed by atoms with Gasteiger partial charge in [-0.2, -0.15) is 0 Å². The number of aromatic nitrogens is 5. The van der Waals surface area contributed by atoms with E-state index in [1.807, 2.05) is 24.3 Å². The van der Waals surface area contributed by atoms with Gasteiger partial charge in [0.1, 0.15) is 5.01 Å². The molecule has 0 bridgehead atoms. The van der Waals surface area contributed by atoms with Crippen LogP contribution >= 0.6 is 22.7 Å². The highest BCUT2D eigenvalue weighted by molar-refractivity contribution is 7.26. The van der Waals surface area contributed by atoms with E-state index in [4.69, 9.17) is 19.9 Å². The second kappa shape index (κ2) is 12.0. The topological polar surface area (TPSA) is 56.5 Å². The van der Waals surface area contributed by atoms with Crippen LogP contribution in [0, 0.1) is 0 Å². The molecule has 4 aromatic heterocycles. The van der Waals surface area contributed by atoms with E-state index in [0.717, 1.165) is 54.9 Å². The molecule has 0 saturated heterocycles. The number of thiophene rings is 1. The lowest BCUT2D eigenvalue weighted by Crippen LogP contribution is -2.01. The number of hydrogen-bond acceptors (Lipinski definition) is 6. The number of nitrogens with zero attached hydrogens (tertiary/aromatic N) is 5. The highest BCUT2D eigenvalue weighted by Crippen LogP contribution is 2.45. The summed E-state index contributed by atoms with van der Waals surface area (Å²) in [6.45, 7) is 0. The minimum absolute atomic E-state index is 0.628. The smallest absolute Gasteiger partial charge is 0.164 e. The van der Waals surface area contributed by atoms with Gasteiger partial charge in [0.05, 0.1) is 21.3 Å². The number of para-hydroxylation sites is 3. The Hall–Kier alpha value is -6.54. The molecular formula is C46H27N5S2. The molecule has 0 N–H and O–H groups in total. The van der Waals surface area contributed by atoms with Crippen molar-refractivity contribution >= 4 is 74.9 Å². The molecule has 0 aliphatic heterocycles. The van der Waals surface area contributed by atoms with Gasteiger partial charge in [-0.25, -0.2) is 19.9 Å². The Balaban J connectivity index is 1.17. The molecule has 0 radical (unpaired) electrons. The molecule has 0 saturated carbocycles. The van der Waals surface area contributed by atoms with Crippen molar-refractivity contribution in [1.29, 1.82) is 0 Å². The lowest BCUT2D eigenvalue weighted by atomic mass is 10.0. The Labute approximate surface area is 312 Å². The summed E-state index contributed by atoms with van der Waals surface area (Å²) in [5, 5.41) is 5.72. The van der Waals surface area contributed by atoms with Crippen molar-refractivity contribution in [2.75, 3.05) is 0 Å². The van der Waals surface area contributed by atoms with Gasteiger partial charge >= 0.3 is 0 Å². The first kappa shape index (κ1) is 30.1. The molecule has 7 aromatic carbocycles. The standard InChI is InChI=1S/C46H27N5S2/c1-3-13-28(14-4-1)43-48-44(29-25-26-32-31-17-7-9-21-36(31)51(37(32)27-29)30-15-5-2-6-16-30)50-45(49-43)33-18-11-23-39-41(33)42-34(19-12-24-40(42)52-39)46-47-35-20-8-10-22-38(35)53-46/h1-27H. The van der Waals surface area contributed by atoms with Crippen LogP contribution < -0.4 is 0 Å². The highest BCUT2D eigenvalue weighted by Gasteiger charge is 2.21. The van der Waals surface area contributed by atoms with E-state index in [2.05, 4.69) is 144 Å². The molecule has 0 spiro atoms. The summed E-state index contributed by atoms with van der Waals surface area (Å²) >= 11 is 3.52. The lowest BCUT2D eigenvalue weighted by molar-refractivity contribution is 1.08. The summed E-state index contributed by atoms with van der Waals surface area (Å²) in [7, 11) is 0. The third-order valence-electron chi connectivity index (χ3n) is 9.90. The quantitative estimate of drug-likeness (QED) is 0.178. The second-order valence-electron chi connectivity index (χ2n) is 13.0. The van der Waals surface area contributed by atoms with Crippen LogP contribution in [0.5, 0.6) is 0 Å². The van der Waals surface area contributed by atoms with E-state index in [9.17, 15) is 0 Å². The van der Waals surface area contributed by atoms with Gasteiger partial charge in [0.25, 0.3) is 0 Å². The normalized spacial score (nSPS) is 11.8. The third-order valence-corrected chi connectivity index (χ3v) is 12.1. The number of thiazole rings is 1. The molecule has 0 amide bonds. The average molecular weight is 714 g/mol. The number of benzene rings is 7. The summed E-state index contributed by atoms with van der Waals surface area (Å²) in [6, 6.07) is 57.2. The number of fused-ring (bicyclic) bond motifs is 7. The van der Waals surface area contributed by atoms with Crippen LogP contribution in [0.3, 0.4) is 0 Å². The summed E-state index contributed by atoms with van der Waals surface area (Å²) in [6.07, 6.45) is 0. The predicted octanol–water partition coefficient (Wildman–Crippen LogP) is 12.6. The molecule has 53 heavy (non-hydrogen) atoms. The van der Waals surface area contributed by atoms with Crippen LogP contribution in [-0.2, 0) is 0 Å². The van der Waals surface area contributed by atoms with Crippen LogP contribution in [0.2, 0.25) is 0 Å². The molecule has 0 unspecified atom stereocenters. The predicted molar refractivity (Wildman–Crippen MR) is 222 cm³/mol. The SMILES string of the molecule is c1ccc(-c2nc(-c3ccc4c5ccccc5n(-c5ccccc5)c4c3)nc(-c3cccc4sc5cccc(-c6nc7ccccc7s6)c5c34)n2)cc1. The highest BCUT2D eigenvalue weighted by atomic mass is 32.1. The zero-order valence-corrected chi connectivity index (χ0v) is 29.8. The molecular weight excluding hydrogens is 687 g/mol. The Morgan fingerprint density at radius 3 is 1.83 bits per heavy atom. The van der Waals surface area contributed by atoms with Crippen molar-refractivity contribution in [2.45, 2.75) is 0 Å². The summed E-state index contributed by atoms with van der Waals surface area (Å²) in [5.74, 6) is 1.91. The van der Waals surface area contributed by atoms with Gasteiger partial charge in [0, 0.05) is 58.9 Å². The maximum atomic E-state index is 5.30. The van der Waals surface area contributed by atoms with E-state index in [1.54, 1.807) is 22.7 Å². The average Bonchev–Trinajstić information content (AvgIpc) is 3.93. The molecule has 0 atom stereocenters. The van der Waals surface area contributed by atoms with Crippen molar-refractivity contribution in [3.05, 3.63) is 164 Å². The minimum Gasteiger partial charge on any atom is -0.309 e. The monoisotopic (exact) mass is 713 g/mol. The van der Waals surface area contributed by atoms with E-state index in [-0.39, 0.29) is 0 Å². The molecule has 4 heterocycles. The Bertz CT molecular complexity index is 3150. The maximum absolute atomic E-state index is 5.30. The Morgan fingerprint density at radius 2 is 1.02 bits per heavy atom. The maximum Gasteiger partial charge on any atom is 0.164 e. The van der Waals surface area contributed by atoms with Crippen molar-refractivity contribution in [1.82, 2.24) is 24.5 Å². The summed E-state index contributed by atoms with van der Waals surface area (Å²) < 4.78 is 5.90. The zero-order valence-electron chi connectivity index (χ0n) is 28.1. The van der Waals surface area contributed by atoms with Gasteiger partial charge in [-0.05, 0) is 48.5 Å².